The lowest BCUT2D eigenvalue weighted by molar-refractivity contribution is 1.16. The van der Waals surface area contributed by atoms with Gasteiger partial charge in [-0.3, -0.25) is 0 Å². The van der Waals surface area contributed by atoms with E-state index in [1.807, 2.05) is 23.5 Å². The van der Waals surface area contributed by atoms with E-state index in [2.05, 4.69) is 28.9 Å². The van der Waals surface area contributed by atoms with Crippen molar-refractivity contribution in [2.24, 2.45) is 0 Å². The highest BCUT2D eigenvalue weighted by atomic mass is 79.9. The van der Waals surface area contributed by atoms with Crippen LogP contribution in [0.4, 0.5) is 0 Å². The van der Waals surface area contributed by atoms with Gasteiger partial charge in [0.1, 0.15) is 0 Å². The van der Waals surface area contributed by atoms with E-state index in [0.717, 1.165) is 16.8 Å². The summed E-state index contributed by atoms with van der Waals surface area (Å²) in [4.78, 5) is 1.44. The molecule has 0 aliphatic rings. The summed E-state index contributed by atoms with van der Waals surface area (Å²) in [7, 11) is 0. The Kier molecular flexibility index (Phi) is 3.15. The summed E-state index contributed by atoms with van der Waals surface area (Å²) in [5, 5.41) is 3.09. The fourth-order valence-corrected chi connectivity index (χ4v) is 3.90. The van der Waals surface area contributed by atoms with E-state index >= 15 is 0 Å². The number of hydrogen-bond acceptors (Lipinski definition) is 1. The van der Waals surface area contributed by atoms with Crippen LogP contribution in [0.1, 0.15) is 17.4 Å². The van der Waals surface area contributed by atoms with Crippen molar-refractivity contribution in [3.05, 3.63) is 33.7 Å². The molecule has 0 atom stereocenters. The van der Waals surface area contributed by atoms with E-state index < -0.39 is 0 Å². The molecule has 0 saturated heterocycles. The van der Waals surface area contributed by atoms with E-state index in [1.54, 1.807) is 0 Å². The number of thiophene rings is 1. The molecule has 2 rings (SSSR count). The quantitative estimate of drug-likeness (QED) is 0.682. The van der Waals surface area contributed by atoms with Gasteiger partial charge in [-0.2, -0.15) is 0 Å². The Morgan fingerprint density at radius 3 is 2.86 bits per heavy atom. The van der Waals surface area contributed by atoms with E-state index in [9.17, 15) is 0 Å². The third-order valence-corrected chi connectivity index (χ3v) is 4.72. The predicted octanol–water partition coefficient (Wildman–Crippen LogP) is 5.01. The van der Waals surface area contributed by atoms with Gasteiger partial charge in [-0.25, -0.2) is 0 Å². The van der Waals surface area contributed by atoms with Crippen molar-refractivity contribution in [3.8, 4) is 0 Å². The molecule has 0 aliphatic heterocycles. The summed E-state index contributed by atoms with van der Waals surface area (Å²) in [6.45, 7) is 2.19. The van der Waals surface area contributed by atoms with Crippen LogP contribution in [0.25, 0.3) is 10.1 Å². The van der Waals surface area contributed by atoms with Crippen LogP contribution in [0.15, 0.2) is 18.2 Å². The maximum Gasteiger partial charge on any atom is 0.0584 e. The van der Waals surface area contributed by atoms with Gasteiger partial charge >= 0.3 is 0 Å². The average molecular weight is 290 g/mol. The van der Waals surface area contributed by atoms with Crippen LogP contribution in [-0.4, -0.2) is 0 Å². The van der Waals surface area contributed by atoms with Gasteiger partial charge in [0.15, 0.2) is 0 Å². The monoisotopic (exact) mass is 288 g/mol. The molecule has 0 unspecified atom stereocenters. The molecule has 0 bridgehead atoms. The highest BCUT2D eigenvalue weighted by Crippen LogP contribution is 2.37. The van der Waals surface area contributed by atoms with Crippen molar-refractivity contribution in [3.63, 3.8) is 0 Å². The molecule has 0 amide bonds. The molecule has 74 valence electrons. The van der Waals surface area contributed by atoms with E-state index in [4.69, 9.17) is 11.6 Å². The number of fused-ring (bicyclic) bond motifs is 1. The van der Waals surface area contributed by atoms with Gasteiger partial charge in [-0.05, 0) is 23.4 Å². The zero-order valence-electron chi connectivity index (χ0n) is 7.81. The Bertz CT molecular complexity index is 462. The number of alkyl halides is 1. The standard InChI is InChI=1S/C11H10BrClS/c1-2-10-8(6-12)7-4-3-5-9(13)11(7)14-10/h3-5H,2,6H2,1H3. The summed E-state index contributed by atoms with van der Waals surface area (Å²) in [5.41, 5.74) is 1.40. The first-order valence-corrected chi connectivity index (χ1v) is 6.84. The van der Waals surface area contributed by atoms with E-state index in [0.29, 0.717) is 0 Å². The normalized spacial score (nSPS) is 11.1. The second-order valence-electron chi connectivity index (χ2n) is 3.11. The number of hydrogen-bond donors (Lipinski definition) is 0. The zero-order chi connectivity index (χ0) is 10.1. The summed E-state index contributed by atoms with van der Waals surface area (Å²) in [6, 6.07) is 6.12. The van der Waals surface area contributed by atoms with Crippen LogP contribution in [-0.2, 0) is 11.8 Å². The third-order valence-electron chi connectivity index (χ3n) is 2.31. The van der Waals surface area contributed by atoms with Gasteiger partial charge in [-0.1, -0.05) is 46.6 Å². The van der Waals surface area contributed by atoms with Crippen molar-refractivity contribution < 1.29 is 0 Å². The minimum Gasteiger partial charge on any atom is -0.138 e. The fourth-order valence-electron chi connectivity index (χ4n) is 1.62. The SMILES string of the molecule is CCc1sc2c(Cl)cccc2c1CBr. The Balaban J connectivity index is 2.79. The lowest BCUT2D eigenvalue weighted by Gasteiger charge is -1.96. The number of rotatable bonds is 2. The molecule has 0 spiro atoms. The Labute approximate surface area is 101 Å². The van der Waals surface area contributed by atoms with Crippen molar-refractivity contribution in [2.75, 3.05) is 0 Å². The summed E-state index contributed by atoms with van der Waals surface area (Å²) in [5.74, 6) is 0. The maximum absolute atomic E-state index is 6.15. The van der Waals surface area contributed by atoms with Gasteiger partial charge in [0.2, 0.25) is 0 Å². The minimum atomic E-state index is 0.870. The first-order chi connectivity index (χ1) is 6.77. The van der Waals surface area contributed by atoms with Crippen LogP contribution in [0.3, 0.4) is 0 Å². The molecule has 14 heavy (non-hydrogen) atoms. The first kappa shape index (κ1) is 10.5. The largest absolute Gasteiger partial charge is 0.138 e. The van der Waals surface area contributed by atoms with E-state index in [1.165, 1.54) is 20.5 Å². The molecule has 0 nitrogen and oxygen atoms in total. The summed E-state index contributed by atoms with van der Waals surface area (Å²) in [6.07, 6.45) is 1.08. The van der Waals surface area contributed by atoms with Crippen LogP contribution in [0.5, 0.6) is 0 Å². The van der Waals surface area contributed by atoms with E-state index in [-0.39, 0.29) is 0 Å². The molecular formula is C11H10BrClS. The first-order valence-electron chi connectivity index (χ1n) is 4.52. The van der Waals surface area contributed by atoms with Crippen molar-refractivity contribution in [1.82, 2.24) is 0 Å². The second kappa shape index (κ2) is 4.21. The van der Waals surface area contributed by atoms with Crippen LogP contribution in [0.2, 0.25) is 5.02 Å². The van der Waals surface area contributed by atoms with Crippen molar-refractivity contribution in [2.45, 2.75) is 18.7 Å². The predicted molar refractivity (Wildman–Crippen MR) is 68.8 cm³/mol. The van der Waals surface area contributed by atoms with Crippen molar-refractivity contribution >= 4 is 49.0 Å². The summed E-state index contributed by atoms with van der Waals surface area (Å²) >= 11 is 11.5. The lowest BCUT2D eigenvalue weighted by atomic mass is 10.1. The van der Waals surface area contributed by atoms with Crippen LogP contribution >= 0.6 is 38.9 Å². The number of aryl methyl sites for hydroxylation is 1. The molecular weight excluding hydrogens is 280 g/mol. The molecule has 1 aromatic carbocycles. The van der Waals surface area contributed by atoms with Gasteiger partial charge in [0, 0.05) is 10.2 Å². The second-order valence-corrected chi connectivity index (χ2v) is 5.18. The molecule has 1 aromatic heterocycles. The average Bonchev–Trinajstić information content (AvgIpc) is 2.57. The molecule has 0 N–H and O–H groups in total. The van der Waals surface area contributed by atoms with Gasteiger partial charge < -0.3 is 0 Å². The zero-order valence-corrected chi connectivity index (χ0v) is 11.0. The lowest BCUT2D eigenvalue weighted by Crippen LogP contribution is -1.80. The molecule has 0 saturated carbocycles. The Morgan fingerprint density at radius 2 is 2.21 bits per heavy atom. The fraction of sp³-hybridized carbons (Fsp3) is 0.273. The molecule has 0 aliphatic carbocycles. The highest BCUT2D eigenvalue weighted by molar-refractivity contribution is 9.08. The molecule has 0 fully saturated rings. The van der Waals surface area contributed by atoms with Crippen LogP contribution in [0, 0.1) is 0 Å². The van der Waals surface area contributed by atoms with Gasteiger partial charge in [0.05, 0.1) is 9.72 Å². The van der Waals surface area contributed by atoms with Gasteiger partial charge in [-0.15, -0.1) is 11.3 Å². The van der Waals surface area contributed by atoms with Gasteiger partial charge in [0.25, 0.3) is 0 Å². The smallest absolute Gasteiger partial charge is 0.0584 e. The Hall–Kier alpha value is -0.0500. The third kappa shape index (κ3) is 1.60. The van der Waals surface area contributed by atoms with Crippen molar-refractivity contribution in [1.29, 1.82) is 0 Å². The number of halogens is 2. The highest BCUT2D eigenvalue weighted by Gasteiger charge is 2.11. The summed E-state index contributed by atoms with van der Waals surface area (Å²) < 4.78 is 1.22. The molecule has 1 heterocycles. The van der Waals surface area contributed by atoms with Crippen LogP contribution < -0.4 is 0 Å². The maximum atomic E-state index is 6.15. The molecule has 2 aromatic rings. The Morgan fingerprint density at radius 1 is 1.43 bits per heavy atom. The topological polar surface area (TPSA) is 0 Å². The molecule has 0 radical (unpaired) electrons. The molecule has 3 heteroatoms. The number of benzene rings is 1. The minimum absolute atomic E-state index is 0.870.